The van der Waals surface area contributed by atoms with E-state index in [1.54, 1.807) is 12.1 Å². The third-order valence-corrected chi connectivity index (χ3v) is 7.26. The second-order valence-electron chi connectivity index (χ2n) is 9.80. The van der Waals surface area contributed by atoms with Crippen molar-refractivity contribution in [3.8, 4) is 6.07 Å². The molecule has 0 bridgehead atoms. The van der Waals surface area contributed by atoms with Crippen LogP contribution in [0.1, 0.15) is 37.7 Å². The molecule has 3 N–H and O–H groups in total. The zero-order valence-corrected chi connectivity index (χ0v) is 19.9. The average molecular weight is 482 g/mol. The number of urea groups is 1. The molecule has 6 nitrogen and oxygen atoms in total. The van der Waals surface area contributed by atoms with Gasteiger partial charge in [0.2, 0.25) is 0 Å². The molecule has 2 amide bonds. The molecular weight excluding hydrogens is 448 g/mol. The van der Waals surface area contributed by atoms with Gasteiger partial charge in [0.15, 0.2) is 11.6 Å². The highest BCUT2D eigenvalue weighted by molar-refractivity contribution is 5.89. The van der Waals surface area contributed by atoms with Gasteiger partial charge >= 0.3 is 6.03 Å². The van der Waals surface area contributed by atoms with Crippen molar-refractivity contribution in [2.75, 3.05) is 31.5 Å². The van der Waals surface area contributed by atoms with Gasteiger partial charge in [-0.05, 0) is 74.8 Å². The molecule has 1 heterocycles. The van der Waals surface area contributed by atoms with Gasteiger partial charge in [0.1, 0.15) is 0 Å². The number of hydrogen-bond acceptors (Lipinski definition) is 4. The van der Waals surface area contributed by atoms with Gasteiger partial charge in [0, 0.05) is 43.5 Å². The van der Waals surface area contributed by atoms with Gasteiger partial charge < -0.3 is 16.0 Å². The first kappa shape index (κ1) is 25.1. The molecular formula is C27H33F2N5O. The SMILES string of the molecule is N#Cc1ccccc1.NC1CCN(CCN(C(=O)Nc2ccc(F)c(F)c2)C2CCC3CC3C2)C1. The average Bonchev–Trinajstić information content (AvgIpc) is 3.53. The summed E-state index contributed by atoms with van der Waals surface area (Å²) in [5.41, 5.74) is 6.99. The molecule has 4 unspecified atom stereocenters. The van der Waals surface area contributed by atoms with Crippen LogP contribution in [0.5, 0.6) is 0 Å². The fraction of sp³-hybridized carbons (Fsp3) is 0.481. The molecule has 3 fully saturated rings. The van der Waals surface area contributed by atoms with Crippen LogP contribution in [0.3, 0.4) is 0 Å². The van der Waals surface area contributed by atoms with Crippen molar-refractivity contribution in [1.29, 1.82) is 5.26 Å². The number of fused-ring (bicyclic) bond motifs is 1. The quantitative estimate of drug-likeness (QED) is 0.655. The van der Waals surface area contributed by atoms with Gasteiger partial charge in [-0.15, -0.1) is 0 Å². The normalized spacial score (nSPS) is 25.0. The third-order valence-electron chi connectivity index (χ3n) is 7.26. The minimum atomic E-state index is -0.955. The highest BCUT2D eigenvalue weighted by atomic mass is 19.2. The largest absolute Gasteiger partial charge is 0.326 e. The second kappa shape index (κ2) is 11.6. The number of nitrogens with zero attached hydrogens (tertiary/aromatic N) is 3. The smallest absolute Gasteiger partial charge is 0.322 e. The van der Waals surface area contributed by atoms with E-state index in [0.717, 1.165) is 62.9 Å². The van der Waals surface area contributed by atoms with Gasteiger partial charge in [-0.3, -0.25) is 4.90 Å². The molecule has 186 valence electrons. The Bertz CT molecular complexity index is 1040. The Kier molecular flexibility index (Phi) is 8.32. The minimum Gasteiger partial charge on any atom is -0.326 e. The molecule has 0 aromatic heterocycles. The molecule has 0 radical (unpaired) electrons. The molecule has 5 rings (SSSR count). The maximum atomic E-state index is 13.5. The lowest BCUT2D eigenvalue weighted by Crippen LogP contribution is -2.47. The Morgan fingerprint density at radius 2 is 1.89 bits per heavy atom. The molecule has 3 aliphatic rings. The van der Waals surface area contributed by atoms with Gasteiger partial charge in [0.05, 0.1) is 11.6 Å². The summed E-state index contributed by atoms with van der Waals surface area (Å²) in [4.78, 5) is 17.2. The number of likely N-dealkylation sites (tertiary alicyclic amines) is 1. The molecule has 2 aromatic carbocycles. The number of halogens is 2. The van der Waals surface area contributed by atoms with E-state index < -0.39 is 11.6 Å². The molecule has 1 aliphatic heterocycles. The summed E-state index contributed by atoms with van der Waals surface area (Å²) in [5.74, 6) is -0.261. The van der Waals surface area contributed by atoms with Gasteiger partial charge in [-0.25, -0.2) is 13.6 Å². The lowest BCUT2D eigenvalue weighted by atomic mass is 9.94. The van der Waals surface area contributed by atoms with Crippen molar-refractivity contribution in [1.82, 2.24) is 9.80 Å². The fourth-order valence-corrected chi connectivity index (χ4v) is 5.16. The molecule has 35 heavy (non-hydrogen) atoms. The second-order valence-corrected chi connectivity index (χ2v) is 9.80. The van der Waals surface area contributed by atoms with Crippen LogP contribution in [-0.4, -0.2) is 54.1 Å². The van der Waals surface area contributed by atoms with E-state index in [1.807, 2.05) is 29.2 Å². The zero-order valence-electron chi connectivity index (χ0n) is 19.9. The lowest BCUT2D eigenvalue weighted by molar-refractivity contribution is 0.153. The molecule has 2 aliphatic carbocycles. The van der Waals surface area contributed by atoms with Crippen molar-refractivity contribution in [3.05, 3.63) is 65.7 Å². The van der Waals surface area contributed by atoms with Crippen LogP contribution in [0.2, 0.25) is 0 Å². The Morgan fingerprint density at radius 1 is 1.09 bits per heavy atom. The van der Waals surface area contributed by atoms with Crippen LogP contribution in [0.4, 0.5) is 19.3 Å². The number of nitriles is 1. The van der Waals surface area contributed by atoms with E-state index in [9.17, 15) is 13.6 Å². The summed E-state index contributed by atoms with van der Waals surface area (Å²) in [5, 5.41) is 11.0. The Labute approximate surface area is 205 Å². The fourth-order valence-electron chi connectivity index (χ4n) is 5.16. The topological polar surface area (TPSA) is 85.4 Å². The summed E-state index contributed by atoms with van der Waals surface area (Å²) in [7, 11) is 0. The monoisotopic (exact) mass is 481 g/mol. The van der Waals surface area contributed by atoms with Crippen molar-refractivity contribution in [3.63, 3.8) is 0 Å². The number of anilines is 1. The van der Waals surface area contributed by atoms with Crippen LogP contribution in [0.15, 0.2) is 48.5 Å². The van der Waals surface area contributed by atoms with Crippen LogP contribution >= 0.6 is 0 Å². The van der Waals surface area contributed by atoms with E-state index in [1.165, 1.54) is 18.9 Å². The number of nitrogens with two attached hydrogens (primary N) is 1. The summed E-state index contributed by atoms with van der Waals surface area (Å²) >= 11 is 0. The Balaban J connectivity index is 0.000000308. The van der Waals surface area contributed by atoms with Crippen molar-refractivity contribution in [2.45, 2.75) is 44.2 Å². The maximum Gasteiger partial charge on any atom is 0.322 e. The lowest BCUT2D eigenvalue weighted by Gasteiger charge is -2.35. The predicted octanol–water partition coefficient (Wildman–Crippen LogP) is 4.58. The first-order chi connectivity index (χ1) is 16.9. The Hall–Kier alpha value is -3.02. The van der Waals surface area contributed by atoms with Crippen LogP contribution in [0.25, 0.3) is 0 Å². The van der Waals surface area contributed by atoms with E-state index in [2.05, 4.69) is 10.2 Å². The third kappa shape index (κ3) is 7.00. The molecule has 4 atom stereocenters. The Morgan fingerprint density at radius 3 is 2.51 bits per heavy atom. The number of amides is 2. The first-order valence-electron chi connectivity index (χ1n) is 12.4. The molecule has 8 heteroatoms. The summed E-state index contributed by atoms with van der Waals surface area (Å²) in [6.07, 6.45) is 5.53. The van der Waals surface area contributed by atoms with Crippen LogP contribution in [0, 0.1) is 34.8 Å². The summed E-state index contributed by atoms with van der Waals surface area (Å²) < 4.78 is 26.6. The predicted molar refractivity (Wildman–Crippen MR) is 132 cm³/mol. The van der Waals surface area contributed by atoms with Crippen molar-refractivity contribution in [2.24, 2.45) is 17.6 Å². The molecule has 2 saturated carbocycles. The number of rotatable bonds is 5. The molecule has 2 aromatic rings. The number of benzene rings is 2. The number of hydrogen-bond donors (Lipinski definition) is 2. The van der Waals surface area contributed by atoms with Crippen LogP contribution < -0.4 is 11.1 Å². The zero-order chi connectivity index (χ0) is 24.8. The highest BCUT2D eigenvalue weighted by Crippen LogP contribution is 2.50. The van der Waals surface area contributed by atoms with Gasteiger partial charge in [0.25, 0.3) is 0 Å². The highest BCUT2D eigenvalue weighted by Gasteiger charge is 2.44. The van der Waals surface area contributed by atoms with Gasteiger partial charge in [-0.1, -0.05) is 18.2 Å². The summed E-state index contributed by atoms with van der Waals surface area (Å²) in [6.45, 7) is 3.26. The van der Waals surface area contributed by atoms with Crippen molar-refractivity contribution < 1.29 is 13.6 Å². The minimum absolute atomic E-state index is 0.218. The number of carbonyl (C=O) groups excluding carboxylic acids is 1. The summed E-state index contributed by atoms with van der Waals surface area (Å²) in [6, 6.07) is 14.8. The van der Waals surface area contributed by atoms with Gasteiger partial charge in [-0.2, -0.15) is 5.26 Å². The van der Waals surface area contributed by atoms with E-state index in [-0.39, 0.29) is 23.8 Å². The number of carbonyl (C=O) groups is 1. The van der Waals surface area contributed by atoms with E-state index in [0.29, 0.717) is 12.1 Å². The first-order valence-corrected chi connectivity index (χ1v) is 12.4. The van der Waals surface area contributed by atoms with E-state index >= 15 is 0 Å². The molecule has 0 spiro atoms. The van der Waals surface area contributed by atoms with E-state index in [4.69, 9.17) is 11.0 Å². The van der Waals surface area contributed by atoms with Crippen LogP contribution in [-0.2, 0) is 0 Å². The maximum absolute atomic E-state index is 13.5. The van der Waals surface area contributed by atoms with Crippen molar-refractivity contribution >= 4 is 11.7 Å². The standard InChI is InChI=1S/C20H28F2N4O.C7H5N/c21-18-4-2-16(11-19(18)22)24-20(27)26(8-7-25-6-5-15(23)12-25)17-3-1-13-9-14(13)10-17;8-6-7-4-2-1-3-5-7/h2,4,11,13-15,17H,1,3,5-10,12,23H2,(H,24,27);1-5H. The molecule has 1 saturated heterocycles. The number of nitrogens with one attached hydrogen (secondary N) is 1.